The van der Waals surface area contributed by atoms with E-state index in [0.717, 1.165) is 31.8 Å². The fraction of sp³-hybridized carbons (Fsp3) is 0.625. The van der Waals surface area contributed by atoms with Gasteiger partial charge in [0.2, 0.25) is 10.0 Å². The Kier molecular flexibility index (Phi) is 6.23. The monoisotopic (exact) mass is 326 g/mol. The first kappa shape index (κ1) is 17.2. The lowest BCUT2D eigenvalue weighted by atomic mass is 10.1. The molecule has 2 rings (SSSR count). The minimum absolute atomic E-state index is 0.263. The third kappa shape index (κ3) is 4.69. The number of ether oxygens (including phenoxy) is 1. The van der Waals surface area contributed by atoms with Crippen molar-refractivity contribution in [3.8, 4) is 5.75 Å². The quantitative estimate of drug-likeness (QED) is 0.764. The van der Waals surface area contributed by atoms with Crippen molar-refractivity contribution >= 4 is 10.0 Å². The topological polar surface area (TPSA) is 49.9 Å². The molecule has 0 radical (unpaired) electrons. The van der Waals surface area contributed by atoms with Gasteiger partial charge in [0.25, 0.3) is 0 Å². The number of rotatable bonds is 7. The van der Waals surface area contributed by atoms with Gasteiger partial charge in [-0.1, -0.05) is 19.1 Å². The van der Waals surface area contributed by atoms with Crippen LogP contribution in [0.4, 0.5) is 0 Å². The third-order valence-electron chi connectivity index (χ3n) is 4.06. The summed E-state index contributed by atoms with van der Waals surface area (Å²) in [6.45, 7) is 5.74. The Morgan fingerprint density at radius 2 is 1.73 bits per heavy atom. The molecular formula is C16H26N2O3S. The van der Waals surface area contributed by atoms with E-state index >= 15 is 0 Å². The summed E-state index contributed by atoms with van der Waals surface area (Å²) < 4.78 is 30.8. The molecule has 1 aliphatic heterocycles. The summed E-state index contributed by atoms with van der Waals surface area (Å²) in [6, 6.07) is 8.12. The lowest BCUT2D eigenvalue weighted by Crippen LogP contribution is -2.49. The molecule has 124 valence electrons. The van der Waals surface area contributed by atoms with Crippen LogP contribution in [0.25, 0.3) is 0 Å². The van der Waals surface area contributed by atoms with Crippen molar-refractivity contribution in [2.75, 3.05) is 45.6 Å². The summed E-state index contributed by atoms with van der Waals surface area (Å²) in [5.41, 5.74) is 1.28. The van der Waals surface area contributed by atoms with Crippen LogP contribution in [-0.4, -0.2) is 63.2 Å². The molecule has 0 unspecified atom stereocenters. The highest BCUT2D eigenvalue weighted by Crippen LogP contribution is 2.13. The van der Waals surface area contributed by atoms with Crippen LogP contribution in [0.15, 0.2) is 24.3 Å². The molecule has 0 spiro atoms. The van der Waals surface area contributed by atoms with Gasteiger partial charge in [-0.05, 0) is 30.5 Å². The highest BCUT2D eigenvalue weighted by atomic mass is 32.2. The minimum atomic E-state index is -3.04. The number of hydrogen-bond donors (Lipinski definition) is 0. The van der Waals surface area contributed by atoms with Crippen LogP contribution in [0.3, 0.4) is 0 Å². The van der Waals surface area contributed by atoms with E-state index in [1.807, 2.05) is 19.1 Å². The lowest BCUT2D eigenvalue weighted by molar-refractivity contribution is 0.190. The van der Waals surface area contributed by atoms with Gasteiger partial charge in [0.15, 0.2) is 0 Å². The molecule has 1 aromatic carbocycles. The number of hydrogen-bond acceptors (Lipinski definition) is 4. The Balaban J connectivity index is 1.77. The van der Waals surface area contributed by atoms with Crippen molar-refractivity contribution < 1.29 is 13.2 Å². The number of methoxy groups -OCH3 is 1. The zero-order chi connectivity index (χ0) is 16.0. The van der Waals surface area contributed by atoms with Gasteiger partial charge < -0.3 is 9.64 Å². The zero-order valence-corrected chi connectivity index (χ0v) is 14.3. The van der Waals surface area contributed by atoms with Crippen LogP contribution in [0.2, 0.25) is 0 Å². The summed E-state index contributed by atoms with van der Waals surface area (Å²) in [6.07, 6.45) is 1.66. The molecule has 1 fully saturated rings. The summed E-state index contributed by atoms with van der Waals surface area (Å²) in [5.74, 6) is 1.14. The summed E-state index contributed by atoms with van der Waals surface area (Å²) in [5, 5.41) is 0. The Hall–Kier alpha value is -1.11. The van der Waals surface area contributed by atoms with Gasteiger partial charge in [-0.2, -0.15) is 4.31 Å². The van der Waals surface area contributed by atoms with E-state index in [1.54, 1.807) is 11.4 Å². The molecule has 22 heavy (non-hydrogen) atoms. The molecule has 5 nitrogen and oxygen atoms in total. The van der Waals surface area contributed by atoms with E-state index in [1.165, 1.54) is 5.56 Å². The average Bonchev–Trinajstić information content (AvgIpc) is 2.54. The fourth-order valence-electron chi connectivity index (χ4n) is 2.70. The zero-order valence-electron chi connectivity index (χ0n) is 13.5. The summed E-state index contributed by atoms with van der Waals surface area (Å²) in [7, 11) is -1.37. The fourth-order valence-corrected chi connectivity index (χ4v) is 4.19. The molecule has 0 atom stereocenters. The van der Waals surface area contributed by atoms with E-state index in [9.17, 15) is 8.42 Å². The molecule has 0 aliphatic carbocycles. The molecule has 0 N–H and O–H groups in total. The predicted octanol–water partition coefficient (Wildman–Crippen LogP) is 1.60. The van der Waals surface area contributed by atoms with E-state index in [2.05, 4.69) is 17.0 Å². The Morgan fingerprint density at radius 3 is 2.27 bits per heavy atom. The van der Waals surface area contributed by atoms with Crippen LogP contribution in [0, 0.1) is 0 Å². The van der Waals surface area contributed by atoms with Gasteiger partial charge in [0.05, 0.1) is 12.9 Å². The highest BCUT2D eigenvalue weighted by Gasteiger charge is 2.25. The second-order valence-corrected chi connectivity index (χ2v) is 7.74. The maximum atomic E-state index is 12.0. The first-order valence-electron chi connectivity index (χ1n) is 7.88. The molecule has 6 heteroatoms. The summed E-state index contributed by atoms with van der Waals surface area (Å²) >= 11 is 0. The van der Waals surface area contributed by atoms with Crippen molar-refractivity contribution in [3.05, 3.63) is 29.8 Å². The van der Waals surface area contributed by atoms with Gasteiger partial charge in [-0.3, -0.25) is 0 Å². The van der Waals surface area contributed by atoms with E-state index in [0.29, 0.717) is 19.5 Å². The third-order valence-corrected chi connectivity index (χ3v) is 6.14. The largest absolute Gasteiger partial charge is 0.497 e. The van der Waals surface area contributed by atoms with Crippen molar-refractivity contribution in [1.82, 2.24) is 9.21 Å². The second-order valence-electron chi connectivity index (χ2n) is 5.65. The van der Waals surface area contributed by atoms with Crippen molar-refractivity contribution in [2.45, 2.75) is 19.8 Å². The minimum Gasteiger partial charge on any atom is -0.497 e. The molecular weight excluding hydrogens is 300 g/mol. The van der Waals surface area contributed by atoms with Gasteiger partial charge >= 0.3 is 0 Å². The molecule has 0 saturated carbocycles. The Morgan fingerprint density at radius 1 is 1.09 bits per heavy atom. The van der Waals surface area contributed by atoms with Crippen LogP contribution in [0.5, 0.6) is 5.75 Å². The van der Waals surface area contributed by atoms with Crippen LogP contribution < -0.4 is 4.74 Å². The van der Waals surface area contributed by atoms with E-state index in [-0.39, 0.29) is 5.75 Å². The van der Waals surface area contributed by atoms with Gasteiger partial charge in [0, 0.05) is 32.7 Å². The average molecular weight is 326 g/mol. The summed E-state index contributed by atoms with van der Waals surface area (Å²) in [4.78, 5) is 2.34. The molecule has 0 amide bonds. The number of nitrogens with zero attached hydrogens (tertiary/aromatic N) is 2. The van der Waals surface area contributed by atoms with Crippen LogP contribution >= 0.6 is 0 Å². The standard InChI is InChI=1S/C16H26N2O3S/c1-3-14-22(19,20)18-12-10-17(11-13-18)9-8-15-4-6-16(21-2)7-5-15/h4-7H,3,8-14H2,1-2H3. The van der Waals surface area contributed by atoms with Crippen molar-refractivity contribution in [3.63, 3.8) is 0 Å². The predicted molar refractivity (Wildman–Crippen MR) is 88.8 cm³/mol. The Labute approximate surface area is 133 Å². The normalized spacial score (nSPS) is 17.5. The number of benzene rings is 1. The van der Waals surface area contributed by atoms with Crippen molar-refractivity contribution in [1.29, 1.82) is 0 Å². The maximum absolute atomic E-state index is 12.0. The molecule has 0 aromatic heterocycles. The van der Waals surface area contributed by atoms with Crippen LogP contribution in [-0.2, 0) is 16.4 Å². The van der Waals surface area contributed by atoms with E-state index < -0.39 is 10.0 Å². The van der Waals surface area contributed by atoms with Gasteiger partial charge in [0.1, 0.15) is 5.75 Å². The molecule has 1 aliphatic rings. The number of piperazine rings is 1. The first-order chi connectivity index (χ1) is 10.5. The Bertz CT molecular complexity index is 549. The molecule has 1 saturated heterocycles. The molecule has 1 heterocycles. The molecule has 0 bridgehead atoms. The van der Waals surface area contributed by atoms with E-state index in [4.69, 9.17) is 4.74 Å². The number of sulfonamides is 1. The lowest BCUT2D eigenvalue weighted by Gasteiger charge is -2.34. The van der Waals surface area contributed by atoms with Crippen LogP contribution in [0.1, 0.15) is 18.9 Å². The van der Waals surface area contributed by atoms with Gasteiger partial charge in [-0.25, -0.2) is 8.42 Å². The second kappa shape index (κ2) is 7.94. The van der Waals surface area contributed by atoms with Crippen molar-refractivity contribution in [2.24, 2.45) is 0 Å². The first-order valence-corrected chi connectivity index (χ1v) is 9.49. The molecule has 1 aromatic rings. The SMILES string of the molecule is CCCS(=O)(=O)N1CCN(CCc2ccc(OC)cc2)CC1. The maximum Gasteiger partial charge on any atom is 0.214 e. The smallest absolute Gasteiger partial charge is 0.214 e. The van der Waals surface area contributed by atoms with Gasteiger partial charge in [-0.15, -0.1) is 0 Å². The highest BCUT2D eigenvalue weighted by molar-refractivity contribution is 7.89.